The summed E-state index contributed by atoms with van der Waals surface area (Å²) in [7, 11) is 0. The minimum absolute atomic E-state index is 0.0173. The topological polar surface area (TPSA) is 71.5 Å². The molecular formula is C21H27N3O3. The van der Waals surface area contributed by atoms with Crippen LogP contribution in [0.4, 0.5) is 5.69 Å². The van der Waals surface area contributed by atoms with Crippen molar-refractivity contribution in [1.82, 2.24) is 9.88 Å². The largest absolute Gasteiger partial charge is 0.492 e. The third-order valence-electron chi connectivity index (χ3n) is 4.00. The maximum absolute atomic E-state index is 12.5. The number of anilines is 1. The summed E-state index contributed by atoms with van der Waals surface area (Å²) in [5.41, 5.74) is 1.62. The second-order valence-electron chi connectivity index (χ2n) is 6.17. The van der Waals surface area contributed by atoms with Gasteiger partial charge in [-0.25, -0.2) is 0 Å². The van der Waals surface area contributed by atoms with E-state index in [2.05, 4.69) is 10.3 Å². The molecule has 1 aromatic carbocycles. The van der Waals surface area contributed by atoms with Crippen molar-refractivity contribution in [2.24, 2.45) is 0 Å². The minimum Gasteiger partial charge on any atom is -0.492 e. The summed E-state index contributed by atoms with van der Waals surface area (Å²) in [6.45, 7) is 8.01. The zero-order chi connectivity index (χ0) is 19.6. The summed E-state index contributed by atoms with van der Waals surface area (Å²) < 4.78 is 5.52. The number of rotatable bonds is 9. The first-order valence-corrected chi connectivity index (χ1v) is 9.37. The number of amides is 2. The molecule has 1 heterocycles. The standard InChI is InChI=1S/C21H27N3O3/c1-4-11-24(6-3)21(26)17-9-7-16(8-10-17)20(25)23-18-13-19(15-22-14-18)27-12-5-2/h7-10,13-15H,4-6,11-12H2,1-3H3,(H,23,25). The van der Waals surface area contributed by atoms with Gasteiger partial charge in [-0.1, -0.05) is 13.8 Å². The van der Waals surface area contributed by atoms with E-state index in [0.29, 0.717) is 35.7 Å². The minimum atomic E-state index is -0.260. The first kappa shape index (κ1) is 20.4. The fourth-order valence-electron chi connectivity index (χ4n) is 2.61. The molecule has 1 aromatic heterocycles. The maximum Gasteiger partial charge on any atom is 0.255 e. The van der Waals surface area contributed by atoms with Crippen molar-refractivity contribution in [3.8, 4) is 5.75 Å². The molecule has 6 nitrogen and oxygen atoms in total. The molecule has 2 rings (SSSR count). The average Bonchev–Trinajstić information content (AvgIpc) is 2.70. The van der Waals surface area contributed by atoms with Crippen molar-refractivity contribution in [2.75, 3.05) is 25.0 Å². The van der Waals surface area contributed by atoms with Crippen LogP contribution in [-0.2, 0) is 0 Å². The van der Waals surface area contributed by atoms with E-state index in [9.17, 15) is 9.59 Å². The molecule has 27 heavy (non-hydrogen) atoms. The third-order valence-corrected chi connectivity index (χ3v) is 4.00. The zero-order valence-corrected chi connectivity index (χ0v) is 16.2. The molecule has 0 saturated carbocycles. The number of carbonyl (C=O) groups is 2. The maximum atomic E-state index is 12.5. The number of ether oxygens (including phenoxy) is 1. The van der Waals surface area contributed by atoms with Crippen molar-refractivity contribution >= 4 is 17.5 Å². The Morgan fingerprint density at radius 2 is 1.74 bits per heavy atom. The quantitative estimate of drug-likeness (QED) is 0.725. The van der Waals surface area contributed by atoms with E-state index in [1.807, 2.05) is 20.8 Å². The van der Waals surface area contributed by atoms with E-state index < -0.39 is 0 Å². The lowest BCUT2D eigenvalue weighted by molar-refractivity contribution is 0.0764. The summed E-state index contributed by atoms with van der Waals surface area (Å²) in [6.07, 6.45) is 4.99. The Hall–Kier alpha value is -2.89. The van der Waals surface area contributed by atoms with E-state index in [1.54, 1.807) is 47.6 Å². The van der Waals surface area contributed by atoms with Crippen LogP contribution in [0.3, 0.4) is 0 Å². The van der Waals surface area contributed by atoms with Crippen molar-refractivity contribution in [2.45, 2.75) is 33.6 Å². The van der Waals surface area contributed by atoms with Gasteiger partial charge in [-0.15, -0.1) is 0 Å². The predicted octanol–water partition coefficient (Wildman–Crippen LogP) is 3.99. The monoisotopic (exact) mass is 369 g/mol. The van der Waals surface area contributed by atoms with Crippen LogP contribution in [-0.4, -0.2) is 41.4 Å². The highest BCUT2D eigenvalue weighted by molar-refractivity contribution is 6.05. The number of nitrogens with zero attached hydrogens (tertiary/aromatic N) is 2. The van der Waals surface area contributed by atoms with Gasteiger partial charge in [0.25, 0.3) is 11.8 Å². The number of benzene rings is 1. The van der Waals surface area contributed by atoms with Gasteiger partial charge in [0, 0.05) is 30.3 Å². The SMILES string of the molecule is CCCOc1cncc(NC(=O)c2ccc(C(=O)N(CC)CCC)cc2)c1. The molecule has 6 heteroatoms. The Labute approximate surface area is 160 Å². The lowest BCUT2D eigenvalue weighted by Gasteiger charge is -2.20. The first-order valence-electron chi connectivity index (χ1n) is 9.37. The average molecular weight is 369 g/mol. The molecule has 144 valence electrons. The van der Waals surface area contributed by atoms with Crippen LogP contribution >= 0.6 is 0 Å². The van der Waals surface area contributed by atoms with Crippen LogP contribution in [0.2, 0.25) is 0 Å². The van der Waals surface area contributed by atoms with E-state index in [1.165, 1.54) is 0 Å². The molecule has 0 unspecified atom stereocenters. The van der Waals surface area contributed by atoms with Gasteiger partial charge < -0.3 is 15.0 Å². The van der Waals surface area contributed by atoms with Crippen LogP contribution in [0, 0.1) is 0 Å². The smallest absolute Gasteiger partial charge is 0.255 e. The van der Waals surface area contributed by atoms with Gasteiger partial charge in [-0.05, 0) is 44.0 Å². The van der Waals surface area contributed by atoms with Crippen LogP contribution in [0.5, 0.6) is 5.75 Å². The normalized spacial score (nSPS) is 10.3. The van der Waals surface area contributed by atoms with Crippen LogP contribution in [0.1, 0.15) is 54.3 Å². The number of pyridine rings is 1. The Morgan fingerprint density at radius 1 is 1.04 bits per heavy atom. The fourth-order valence-corrected chi connectivity index (χ4v) is 2.61. The molecule has 0 fully saturated rings. The highest BCUT2D eigenvalue weighted by Gasteiger charge is 2.14. The molecule has 0 aliphatic heterocycles. The molecule has 0 spiro atoms. The van der Waals surface area contributed by atoms with Crippen molar-refractivity contribution in [1.29, 1.82) is 0 Å². The Bertz CT molecular complexity index is 760. The van der Waals surface area contributed by atoms with E-state index in [-0.39, 0.29) is 11.8 Å². The molecule has 0 bridgehead atoms. The molecule has 0 atom stereocenters. The molecular weight excluding hydrogens is 342 g/mol. The van der Waals surface area contributed by atoms with Gasteiger partial charge in [0.1, 0.15) is 5.75 Å². The predicted molar refractivity (Wildman–Crippen MR) is 106 cm³/mol. The van der Waals surface area contributed by atoms with Crippen LogP contribution in [0.25, 0.3) is 0 Å². The lowest BCUT2D eigenvalue weighted by atomic mass is 10.1. The fraction of sp³-hybridized carbons (Fsp3) is 0.381. The number of carbonyl (C=O) groups excluding carboxylic acids is 2. The zero-order valence-electron chi connectivity index (χ0n) is 16.2. The molecule has 0 aliphatic rings. The lowest BCUT2D eigenvalue weighted by Crippen LogP contribution is -2.31. The summed E-state index contributed by atoms with van der Waals surface area (Å²) in [4.78, 5) is 30.8. The summed E-state index contributed by atoms with van der Waals surface area (Å²) >= 11 is 0. The Kier molecular flexibility index (Phi) is 7.79. The highest BCUT2D eigenvalue weighted by Crippen LogP contribution is 2.17. The van der Waals surface area contributed by atoms with Gasteiger partial charge >= 0.3 is 0 Å². The number of hydrogen-bond acceptors (Lipinski definition) is 4. The van der Waals surface area contributed by atoms with E-state index in [4.69, 9.17) is 4.74 Å². The molecule has 0 aliphatic carbocycles. The number of aromatic nitrogens is 1. The van der Waals surface area contributed by atoms with Gasteiger partial charge in [-0.3, -0.25) is 14.6 Å². The van der Waals surface area contributed by atoms with Gasteiger partial charge in [0.15, 0.2) is 0 Å². The molecule has 0 saturated heterocycles. The molecule has 1 N–H and O–H groups in total. The molecule has 2 amide bonds. The van der Waals surface area contributed by atoms with Crippen molar-refractivity contribution < 1.29 is 14.3 Å². The summed E-state index contributed by atoms with van der Waals surface area (Å²) in [5.74, 6) is 0.340. The second kappa shape index (κ2) is 10.3. The summed E-state index contributed by atoms with van der Waals surface area (Å²) in [6, 6.07) is 8.44. The summed E-state index contributed by atoms with van der Waals surface area (Å²) in [5, 5.41) is 2.80. The van der Waals surface area contributed by atoms with E-state index >= 15 is 0 Å². The second-order valence-corrected chi connectivity index (χ2v) is 6.17. The molecule has 0 radical (unpaired) electrons. The van der Waals surface area contributed by atoms with Crippen LogP contribution in [0.15, 0.2) is 42.7 Å². The van der Waals surface area contributed by atoms with Crippen molar-refractivity contribution in [3.63, 3.8) is 0 Å². The first-order chi connectivity index (χ1) is 13.1. The van der Waals surface area contributed by atoms with Gasteiger partial charge in [0.05, 0.1) is 24.7 Å². The molecule has 2 aromatic rings. The highest BCUT2D eigenvalue weighted by atomic mass is 16.5. The Balaban J connectivity index is 2.04. The van der Waals surface area contributed by atoms with Crippen molar-refractivity contribution in [3.05, 3.63) is 53.9 Å². The Morgan fingerprint density at radius 3 is 2.37 bits per heavy atom. The third kappa shape index (κ3) is 5.81. The number of nitrogens with one attached hydrogen (secondary N) is 1. The van der Waals surface area contributed by atoms with Gasteiger partial charge in [0.2, 0.25) is 0 Å². The number of hydrogen-bond donors (Lipinski definition) is 1. The van der Waals surface area contributed by atoms with Crippen LogP contribution < -0.4 is 10.1 Å². The van der Waals surface area contributed by atoms with E-state index in [0.717, 1.165) is 19.4 Å². The van der Waals surface area contributed by atoms with Gasteiger partial charge in [-0.2, -0.15) is 0 Å².